The minimum atomic E-state index is -3.81. The summed E-state index contributed by atoms with van der Waals surface area (Å²) < 4.78 is 34.2. The van der Waals surface area contributed by atoms with E-state index in [1.807, 2.05) is 27.8 Å². The van der Waals surface area contributed by atoms with Crippen LogP contribution in [0.15, 0.2) is 34.1 Å². The van der Waals surface area contributed by atoms with E-state index in [2.05, 4.69) is 15.3 Å². The largest absolute Gasteiger partial charge is 0.462 e. The lowest BCUT2D eigenvalue weighted by molar-refractivity contribution is 0.0507. The molecular formula is C23H30N4O5S. The summed E-state index contributed by atoms with van der Waals surface area (Å²) in [6.07, 6.45) is 3.76. The summed E-state index contributed by atoms with van der Waals surface area (Å²) in [4.78, 5) is 30.9. The zero-order chi connectivity index (χ0) is 24.0. The van der Waals surface area contributed by atoms with Crippen molar-refractivity contribution in [1.82, 2.24) is 19.6 Å². The van der Waals surface area contributed by atoms with Gasteiger partial charge in [0.25, 0.3) is 5.56 Å². The first kappa shape index (κ1) is 23.5. The standard InChI is InChI=1S/C23H30N4O5S/c1-5-10-32-22(29)17-12-25-20-19(17)16-11-15(8-9-18(16)26-21(20)28)33(30,31)27(14-6-7-14)13-23(2,3)24-4/h8-9,11-12,14,24-25H,5-7,10,13H2,1-4H3,(H,26,28). The van der Waals surface area contributed by atoms with Gasteiger partial charge in [0.15, 0.2) is 0 Å². The van der Waals surface area contributed by atoms with E-state index in [4.69, 9.17) is 4.74 Å². The number of H-pyrrole nitrogens is 2. The Morgan fingerprint density at radius 3 is 2.67 bits per heavy atom. The molecule has 9 nitrogen and oxygen atoms in total. The molecule has 178 valence electrons. The summed E-state index contributed by atoms with van der Waals surface area (Å²) in [5.74, 6) is -0.557. The normalized spacial score (nSPS) is 14.9. The third-order valence-corrected chi connectivity index (χ3v) is 7.96. The molecule has 0 spiro atoms. The number of sulfonamides is 1. The van der Waals surface area contributed by atoms with Gasteiger partial charge >= 0.3 is 5.97 Å². The Balaban J connectivity index is 1.87. The molecular weight excluding hydrogens is 444 g/mol. The average Bonchev–Trinajstić information content (AvgIpc) is 3.52. The Hall–Kier alpha value is -2.69. The van der Waals surface area contributed by atoms with Gasteiger partial charge in [-0.15, -0.1) is 0 Å². The fourth-order valence-corrected chi connectivity index (χ4v) is 5.75. The number of rotatable bonds is 9. The number of pyridine rings is 1. The van der Waals surface area contributed by atoms with Crippen LogP contribution in [0.3, 0.4) is 0 Å². The Morgan fingerprint density at radius 1 is 1.30 bits per heavy atom. The van der Waals surface area contributed by atoms with E-state index < -0.39 is 27.1 Å². The summed E-state index contributed by atoms with van der Waals surface area (Å²) >= 11 is 0. The zero-order valence-electron chi connectivity index (χ0n) is 19.3. The van der Waals surface area contributed by atoms with Crippen molar-refractivity contribution in [2.75, 3.05) is 20.2 Å². The van der Waals surface area contributed by atoms with Gasteiger partial charge in [0, 0.05) is 40.6 Å². The number of aromatic amines is 2. The van der Waals surface area contributed by atoms with Crippen LogP contribution in [0.25, 0.3) is 21.8 Å². The summed E-state index contributed by atoms with van der Waals surface area (Å²) in [5.41, 5.74) is 0.0689. The molecule has 0 aliphatic heterocycles. The number of esters is 1. The van der Waals surface area contributed by atoms with Gasteiger partial charge in [-0.05, 0) is 58.4 Å². The van der Waals surface area contributed by atoms with Gasteiger partial charge in [-0.25, -0.2) is 13.2 Å². The molecule has 1 aliphatic carbocycles. The second-order valence-corrected chi connectivity index (χ2v) is 11.1. The van der Waals surface area contributed by atoms with Gasteiger partial charge in [-0.1, -0.05) is 6.92 Å². The molecule has 0 unspecified atom stereocenters. The summed E-state index contributed by atoms with van der Waals surface area (Å²) in [6, 6.07) is 4.59. The smallest absolute Gasteiger partial charge is 0.340 e. The topological polar surface area (TPSA) is 124 Å². The molecule has 33 heavy (non-hydrogen) atoms. The fourth-order valence-electron chi connectivity index (χ4n) is 3.88. The lowest BCUT2D eigenvalue weighted by atomic mass is 10.1. The van der Waals surface area contributed by atoms with E-state index in [-0.39, 0.29) is 28.6 Å². The Bertz CT molecular complexity index is 1370. The fraction of sp³-hybridized carbons (Fsp3) is 0.478. The molecule has 1 aliphatic rings. The number of benzene rings is 1. The quantitative estimate of drug-likeness (QED) is 0.410. The van der Waals surface area contributed by atoms with Crippen molar-refractivity contribution in [1.29, 1.82) is 0 Å². The van der Waals surface area contributed by atoms with Crippen molar-refractivity contribution >= 4 is 37.8 Å². The predicted octanol–water partition coefficient (Wildman–Crippen LogP) is 2.73. The zero-order valence-corrected chi connectivity index (χ0v) is 20.1. The highest BCUT2D eigenvalue weighted by Gasteiger charge is 2.40. The first-order valence-corrected chi connectivity index (χ1v) is 12.6. The van der Waals surface area contributed by atoms with Crippen LogP contribution in [0.1, 0.15) is 50.4 Å². The minimum absolute atomic E-state index is 0.0271. The Kier molecular flexibility index (Phi) is 6.10. The van der Waals surface area contributed by atoms with E-state index in [0.29, 0.717) is 29.3 Å². The maximum Gasteiger partial charge on any atom is 0.340 e. The third kappa shape index (κ3) is 4.42. The van der Waals surface area contributed by atoms with Gasteiger partial charge in [0.1, 0.15) is 5.52 Å². The lowest BCUT2D eigenvalue weighted by Crippen LogP contribution is -2.50. The van der Waals surface area contributed by atoms with Crippen LogP contribution in [-0.4, -0.2) is 60.4 Å². The maximum atomic E-state index is 13.7. The van der Waals surface area contributed by atoms with Crippen LogP contribution < -0.4 is 10.9 Å². The number of nitrogens with one attached hydrogen (secondary N) is 3. The molecule has 1 fully saturated rings. The van der Waals surface area contributed by atoms with Gasteiger partial charge in [-0.3, -0.25) is 4.79 Å². The van der Waals surface area contributed by atoms with E-state index >= 15 is 0 Å². The molecule has 2 aromatic heterocycles. The lowest BCUT2D eigenvalue weighted by Gasteiger charge is -2.32. The van der Waals surface area contributed by atoms with Crippen LogP contribution >= 0.6 is 0 Å². The van der Waals surface area contributed by atoms with Crippen LogP contribution in [0.4, 0.5) is 0 Å². The molecule has 0 amide bonds. The predicted molar refractivity (Wildman–Crippen MR) is 127 cm³/mol. The van der Waals surface area contributed by atoms with Crippen LogP contribution in [0.2, 0.25) is 0 Å². The van der Waals surface area contributed by atoms with Crippen LogP contribution in [0, 0.1) is 0 Å². The number of nitrogens with zero attached hydrogens (tertiary/aromatic N) is 1. The molecule has 0 radical (unpaired) electrons. The van der Waals surface area contributed by atoms with Gasteiger partial charge in [0.05, 0.1) is 17.1 Å². The van der Waals surface area contributed by atoms with Crippen molar-refractivity contribution in [3.63, 3.8) is 0 Å². The van der Waals surface area contributed by atoms with Crippen molar-refractivity contribution in [2.45, 2.75) is 56.5 Å². The molecule has 3 aromatic rings. The van der Waals surface area contributed by atoms with Gasteiger partial charge in [0.2, 0.25) is 10.0 Å². The van der Waals surface area contributed by atoms with Crippen molar-refractivity contribution < 1.29 is 17.9 Å². The van der Waals surface area contributed by atoms with Crippen LogP contribution in [-0.2, 0) is 14.8 Å². The van der Waals surface area contributed by atoms with Gasteiger partial charge in [-0.2, -0.15) is 4.31 Å². The highest BCUT2D eigenvalue weighted by molar-refractivity contribution is 7.89. The molecule has 3 N–H and O–H groups in total. The molecule has 0 saturated heterocycles. The second-order valence-electron chi connectivity index (χ2n) is 9.17. The number of aromatic nitrogens is 2. The first-order chi connectivity index (χ1) is 15.6. The van der Waals surface area contributed by atoms with Crippen molar-refractivity contribution in [3.8, 4) is 0 Å². The van der Waals surface area contributed by atoms with E-state index in [9.17, 15) is 18.0 Å². The SMILES string of the molecule is CCCOC(=O)c1c[nH]c2c(=O)[nH]c3ccc(S(=O)(=O)N(CC(C)(C)NC)C4CC4)cc3c12. The summed E-state index contributed by atoms with van der Waals surface area (Å²) in [5, 5.41) is 4.00. The molecule has 0 atom stereocenters. The summed E-state index contributed by atoms with van der Waals surface area (Å²) in [6.45, 7) is 6.39. The third-order valence-electron chi connectivity index (χ3n) is 6.06. The molecule has 1 aromatic carbocycles. The average molecular weight is 475 g/mol. The van der Waals surface area contributed by atoms with E-state index in [1.54, 1.807) is 10.4 Å². The highest BCUT2D eigenvalue weighted by atomic mass is 32.2. The first-order valence-electron chi connectivity index (χ1n) is 11.1. The summed E-state index contributed by atoms with van der Waals surface area (Å²) in [7, 11) is -2.00. The molecule has 2 heterocycles. The Labute approximate surface area is 192 Å². The van der Waals surface area contributed by atoms with E-state index in [0.717, 1.165) is 12.8 Å². The molecule has 1 saturated carbocycles. The number of hydrogen-bond donors (Lipinski definition) is 3. The highest BCUT2D eigenvalue weighted by Crippen LogP contribution is 2.35. The number of hydrogen-bond acceptors (Lipinski definition) is 6. The number of carbonyl (C=O) groups excluding carboxylic acids is 1. The number of fused-ring (bicyclic) bond motifs is 3. The van der Waals surface area contributed by atoms with Gasteiger partial charge < -0.3 is 20.0 Å². The van der Waals surface area contributed by atoms with Crippen molar-refractivity contribution in [3.05, 3.63) is 40.3 Å². The van der Waals surface area contributed by atoms with E-state index in [1.165, 1.54) is 18.3 Å². The number of likely N-dealkylation sites (N-methyl/N-ethyl adjacent to an activating group) is 1. The number of ether oxygens (including phenoxy) is 1. The van der Waals surface area contributed by atoms with Crippen LogP contribution in [0.5, 0.6) is 0 Å². The number of carbonyl (C=O) groups is 1. The molecule has 0 bridgehead atoms. The molecule has 4 rings (SSSR count). The van der Waals surface area contributed by atoms with Crippen molar-refractivity contribution in [2.24, 2.45) is 0 Å². The maximum absolute atomic E-state index is 13.7. The second kappa shape index (κ2) is 8.58. The Morgan fingerprint density at radius 2 is 2.03 bits per heavy atom. The monoisotopic (exact) mass is 474 g/mol. The minimum Gasteiger partial charge on any atom is -0.462 e. The molecule has 10 heteroatoms.